The van der Waals surface area contributed by atoms with Crippen molar-refractivity contribution in [1.82, 2.24) is 0 Å². The molecule has 0 aromatic heterocycles. The maximum absolute atomic E-state index is 10.9. The standard InChI is InChI=1S/CF4OP2/c2-7(3)1(6)8(4)5. The second-order valence-corrected chi connectivity index (χ2v) is 2.85. The summed E-state index contributed by atoms with van der Waals surface area (Å²) in [5.41, 5.74) is 0. The third-order valence-electron chi connectivity index (χ3n) is 0.289. The summed E-state index contributed by atoms with van der Waals surface area (Å²) < 4.78 is 43.7. The summed E-state index contributed by atoms with van der Waals surface area (Å²) in [5, 5.41) is -2.19. The Morgan fingerprint density at radius 3 is 1.25 bits per heavy atom. The van der Waals surface area contributed by atoms with E-state index in [0.29, 0.717) is 0 Å². The van der Waals surface area contributed by atoms with Crippen LogP contribution in [0.25, 0.3) is 0 Å². The maximum Gasteiger partial charge on any atom is 0.344 e. The molecule has 0 heterocycles. The van der Waals surface area contributed by atoms with Crippen molar-refractivity contribution in [3.8, 4) is 0 Å². The van der Waals surface area contributed by atoms with Gasteiger partial charge in [0.25, 0.3) is 0 Å². The van der Waals surface area contributed by atoms with Gasteiger partial charge in [0.2, 0.25) is 0 Å². The molecule has 0 fully saturated rings. The van der Waals surface area contributed by atoms with Crippen LogP contribution in [0.15, 0.2) is 0 Å². The van der Waals surface area contributed by atoms with Crippen LogP contribution in [0.2, 0.25) is 0 Å². The number of halogens is 4. The van der Waals surface area contributed by atoms with Gasteiger partial charge in [0.05, 0.1) is 0 Å². The fourth-order valence-corrected chi connectivity index (χ4v) is 0.514. The highest BCUT2D eigenvalue weighted by Gasteiger charge is 2.28. The van der Waals surface area contributed by atoms with Crippen molar-refractivity contribution in [3.63, 3.8) is 0 Å². The zero-order chi connectivity index (χ0) is 6.73. The lowest BCUT2D eigenvalue weighted by atomic mass is 11.8. The Hall–Kier alpha value is 0.250. The van der Waals surface area contributed by atoms with Crippen LogP contribution >= 0.6 is 17.1 Å². The summed E-state index contributed by atoms with van der Waals surface area (Å²) in [6, 6.07) is 0. The first-order valence-corrected chi connectivity index (χ1v) is 3.57. The predicted octanol–water partition coefficient (Wildman–Crippen LogP) is 3.61. The fourth-order valence-electron chi connectivity index (χ4n) is 0.0571. The third-order valence-corrected chi connectivity index (χ3v) is 1.77. The van der Waals surface area contributed by atoms with Gasteiger partial charge < -0.3 is 0 Å². The Morgan fingerprint density at radius 2 is 1.25 bits per heavy atom. The molecular weight excluding hydrogens is 166 g/mol. The zero-order valence-electron chi connectivity index (χ0n) is 3.31. The van der Waals surface area contributed by atoms with E-state index in [1.807, 2.05) is 0 Å². The summed E-state index contributed by atoms with van der Waals surface area (Å²) >= 11 is 0. The summed E-state index contributed by atoms with van der Waals surface area (Å²) in [6.45, 7) is 0. The summed E-state index contributed by atoms with van der Waals surface area (Å²) in [5.74, 6) is 0. The van der Waals surface area contributed by atoms with Crippen molar-refractivity contribution in [2.24, 2.45) is 0 Å². The SMILES string of the molecule is O=C(P(F)F)P(F)F. The fraction of sp³-hybridized carbons (Fsp3) is 0. The number of hydrogen-bond acceptors (Lipinski definition) is 1. The Balaban J connectivity index is 3.65. The van der Waals surface area contributed by atoms with E-state index in [4.69, 9.17) is 0 Å². The van der Waals surface area contributed by atoms with Gasteiger partial charge in [0.1, 0.15) is 0 Å². The van der Waals surface area contributed by atoms with Gasteiger partial charge in [0.15, 0.2) is 0 Å². The lowest BCUT2D eigenvalue weighted by molar-refractivity contribution is 0.272. The van der Waals surface area contributed by atoms with Crippen LogP contribution in [0.4, 0.5) is 21.6 Å². The van der Waals surface area contributed by atoms with E-state index in [2.05, 4.69) is 0 Å². The van der Waals surface area contributed by atoms with E-state index >= 15 is 0 Å². The first-order valence-electron chi connectivity index (χ1n) is 1.33. The highest BCUT2D eigenvalue weighted by Crippen LogP contribution is 2.57. The van der Waals surface area contributed by atoms with Crippen molar-refractivity contribution < 1.29 is 21.6 Å². The van der Waals surface area contributed by atoms with Gasteiger partial charge in [-0.1, -0.05) is 0 Å². The van der Waals surface area contributed by atoms with E-state index < -0.39 is 22.4 Å². The van der Waals surface area contributed by atoms with Gasteiger partial charge in [-0.3, -0.25) is 4.79 Å². The molecule has 0 spiro atoms. The minimum Gasteiger partial charge on any atom is -0.277 e. The lowest BCUT2D eigenvalue weighted by Gasteiger charge is -1.89. The molecule has 1 nitrogen and oxygen atoms in total. The lowest BCUT2D eigenvalue weighted by Crippen LogP contribution is -1.72. The molecule has 8 heavy (non-hydrogen) atoms. The van der Waals surface area contributed by atoms with Crippen molar-refractivity contribution in [3.05, 3.63) is 0 Å². The molecule has 0 saturated heterocycles. The first-order chi connectivity index (χ1) is 3.55. The highest BCUT2D eigenvalue weighted by molar-refractivity contribution is 7.92. The highest BCUT2D eigenvalue weighted by atomic mass is 31.2. The van der Waals surface area contributed by atoms with Crippen molar-refractivity contribution in [1.29, 1.82) is 0 Å². The second-order valence-electron chi connectivity index (χ2n) is 0.748. The summed E-state index contributed by atoms with van der Waals surface area (Å²) in [4.78, 5) is 9.40. The monoisotopic (exact) mass is 166 g/mol. The molecule has 0 amide bonds. The van der Waals surface area contributed by atoms with E-state index in [0.717, 1.165) is 0 Å². The Labute approximate surface area is 45.1 Å². The number of carbonyl (C=O) groups excluding carboxylic acids is 1. The molecule has 0 radical (unpaired) electrons. The molecule has 0 unspecified atom stereocenters. The average Bonchev–Trinajstić information content (AvgIpc) is 1.64. The Bertz CT molecular complexity index is 82.0. The molecule has 0 aromatic carbocycles. The molecule has 0 aliphatic carbocycles. The zero-order valence-corrected chi connectivity index (χ0v) is 5.10. The van der Waals surface area contributed by atoms with Crippen molar-refractivity contribution in [2.75, 3.05) is 0 Å². The summed E-state index contributed by atoms with van der Waals surface area (Å²) in [7, 11) is -8.12. The van der Waals surface area contributed by atoms with Crippen LogP contribution in [-0.4, -0.2) is 5.27 Å². The topological polar surface area (TPSA) is 17.1 Å². The van der Waals surface area contributed by atoms with E-state index in [9.17, 15) is 21.6 Å². The molecule has 0 aliphatic rings. The van der Waals surface area contributed by atoms with Gasteiger partial charge in [-0.2, -0.15) is 16.8 Å². The largest absolute Gasteiger partial charge is 0.344 e. The van der Waals surface area contributed by atoms with Crippen LogP contribution < -0.4 is 0 Å². The van der Waals surface area contributed by atoms with E-state index in [1.54, 1.807) is 0 Å². The molecule has 0 aliphatic heterocycles. The minimum atomic E-state index is -4.06. The smallest absolute Gasteiger partial charge is 0.277 e. The van der Waals surface area contributed by atoms with Gasteiger partial charge >= 0.3 is 22.4 Å². The van der Waals surface area contributed by atoms with E-state index in [-0.39, 0.29) is 0 Å². The molecule has 0 N–H and O–H groups in total. The predicted molar refractivity (Wildman–Crippen MR) is 23.7 cm³/mol. The molecule has 0 atom stereocenters. The maximum atomic E-state index is 10.9. The number of rotatable bonds is 2. The average molecular weight is 166 g/mol. The van der Waals surface area contributed by atoms with Crippen molar-refractivity contribution in [2.45, 2.75) is 0 Å². The molecule has 0 bridgehead atoms. The molecule has 7 heteroatoms. The van der Waals surface area contributed by atoms with Crippen LogP contribution in [0.1, 0.15) is 0 Å². The number of hydrogen-bond donors (Lipinski definition) is 0. The third kappa shape index (κ3) is 2.53. The van der Waals surface area contributed by atoms with E-state index in [1.165, 1.54) is 0 Å². The van der Waals surface area contributed by atoms with Crippen LogP contribution in [0, 0.1) is 0 Å². The number of carbonyl (C=O) groups is 1. The molecule has 0 saturated carbocycles. The van der Waals surface area contributed by atoms with Crippen LogP contribution in [-0.2, 0) is 0 Å². The quantitative estimate of drug-likeness (QED) is 0.452. The van der Waals surface area contributed by atoms with Gasteiger partial charge in [-0.25, -0.2) is 0 Å². The van der Waals surface area contributed by atoms with Gasteiger partial charge in [-0.05, 0) is 0 Å². The van der Waals surface area contributed by atoms with Crippen LogP contribution in [0.3, 0.4) is 0 Å². The molecule has 0 rings (SSSR count). The van der Waals surface area contributed by atoms with Gasteiger partial charge in [0, 0.05) is 0 Å². The summed E-state index contributed by atoms with van der Waals surface area (Å²) in [6.07, 6.45) is 0. The second kappa shape index (κ2) is 3.31. The Morgan fingerprint density at radius 1 is 1.00 bits per heavy atom. The van der Waals surface area contributed by atoms with Crippen molar-refractivity contribution >= 4 is 22.4 Å². The Kier molecular flexibility index (Phi) is 3.41. The first kappa shape index (κ1) is 8.25. The molecular formula is CF4OP2. The molecule has 0 aromatic rings. The van der Waals surface area contributed by atoms with Crippen LogP contribution in [0.5, 0.6) is 0 Å². The molecule has 48 valence electrons. The normalized spacial score (nSPS) is 10.8. The van der Waals surface area contributed by atoms with Gasteiger partial charge in [-0.15, -0.1) is 0 Å². The minimum absolute atomic E-state index is 2.19.